The number of aromatic nitrogens is 1. The van der Waals surface area contributed by atoms with Gasteiger partial charge in [-0.15, -0.1) is 0 Å². The van der Waals surface area contributed by atoms with Gasteiger partial charge in [0, 0.05) is 17.1 Å². The van der Waals surface area contributed by atoms with E-state index >= 15 is 0 Å². The molecule has 3 heteroatoms. The van der Waals surface area contributed by atoms with Crippen LogP contribution in [0.5, 0.6) is 11.6 Å². The molecule has 3 nitrogen and oxygen atoms in total. The van der Waals surface area contributed by atoms with Gasteiger partial charge in [-0.05, 0) is 30.5 Å². The zero-order valence-electron chi connectivity index (χ0n) is 11.2. The second-order valence-electron chi connectivity index (χ2n) is 4.65. The van der Waals surface area contributed by atoms with Crippen molar-refractivity contribution >= 4 is 10.8 Å². The number of hydrogen-bond acceptors (Lipinski definition) is 3. The molecule has 0 bridgehead atoms. The zero-order chi connectivity index (χ0) is 13.9. The van der Waals surface area contributed by atoms with Gasteiger partial charge in [0.15, 0.2) is 0 Å². The average Bonchev–Trinajstić information content (AvgIpc) is 2.48. The third-order valence-corrected chi connectivity index (χ3v) is 3.21. The van der Waals surface area contributed by atoms with Crippen LogP contribution in [-0.4, -0.2) is 10.1 Å². The monoisotopic (exact) mass is 265 g/mol. The summed E-state index contributed by atoms with van der Waals surface area (Å²) in [6.07, 6.45) is 1.04. The summed E-state index contributed by atoms with van der Waals surface area (Å²) < 4.78 is 5.91. The molecule has 3 aromatic rings. The van der Waals surface area contributed by atoms with Gasteiger partial charge in [-0.1, -0.05) is 36.4 Å². The Kier molecular flexibility index (Phi) is 3.35. The summed E-state index contributed by atoms with van der Waals surface area (Å²) >= 11 is 0. The van der Waals surface area contributed by atoms with Crippen molar-refractivity contribution in [3.05, 3.63) is 66.4 Å². The zero-order valence-corrected chi connectivity index (χ0v) is 11.2. The molecule has 1 heterocycles. The van der Waals surface area contributed by atoms with Gasteiger partial charge in [-0.25, -0.2) is 4.98 Å². The molecule has 0 aliphatic rings. The SMILES string of the molecule is C[C@H](O)c1cccnc1Oc1cccc2ccccc12. The Morgan fingerprint density at radius 1 is 1.00 bits per heavy atom. The molecule has 0 saturated heterocycles. The molecule has 0 unspecified atom stereocenters. The van der Waals surface area contributed by atoms with Crippen molar-refractivity contribution in [3.8, 4) is 11.6 Å². The first-order chi connectivity index (χ1) is 9.75. The Morgan fingerprint density at radius 3 is 2.65 bits per heavy atom. The number of ether oxygens (including phenoxy) is 1. The predicted molar refractivity (Wildman–Crippen MR) is 78.9 cm³/mol. The molecule has 1 atom stereocenters. The number of fused-ring (bicyclic) bond motifs is 1. The average molecular weight is 265 g/mol. The minimum absolute atomic E-state index is 0.443. The number of hydrogen-bond donors (Lipinski definition) is 1. The molecule has 20 heavy (non-hydrogen) atoms. The molecule has 0 aliphatic heterocycles. The molecule has 0 radical (unpaired) electrons. The maximum absolute atomic E-state index is 9.78. The van der Waals surface area contributed by atoms with Gasteiger partial charge in [0.2, 0.25) is 5.88 Å². The smallest absolute Gasteiger partial charge is 0.225 e. The number of nitrogens with zero attached hydrogens (tertiary/aromatic N) is 1. The first kappa shape index (κ1) is 12.6. The third-order valence-electron chi connectivity index (χ3n) is 3.21. The molecule has 1 aromatic heterocycles. The van der Waals surface area contributed by atoms with Crippen molar-refractivity contribution in [3.63, 3.8) is 0 Å². The van der Waals surface area contributed by atoms with E-state index in [1.807, 2.05) is 48.5 Å². The van der Waals surface area contributed by atoms with Crippen molar-refractivity contribution in [2.45, 2.75) is 13.0 Å². The van der Waals surface area contributed by atoms with E-state index < -0.39 is 6.10 Å². The van der Waals surface area contributed by atoms with E-state index in [1.165, 1.54) is 0 Å². The Morgan fingerprint density at radius 2 is 1.80 bits per heavy atom. The van der Waals surface area contributed by atoms with E-state index in [2.05, 4.69) is 4.98 Å². The van der Waals surface area contributed by atoms with Crippen molar-refractivity contribution in [1.82, 2.24) is 4.98 Å². The maximum atomic E-state index is 9.78. The van der Waals surface area contributed by atoms with Crippen LogP contribution in [0.2, 0.25) is 0 Å². The standard InChI is InChI=1S/C17H15NO2/c1-12(19)14-9-5-11-18-17(14)20-16-10-4-7-13-6-2-3-8-15(13)16/h2-12,19H,1H3/t12-/m0/s1. The molecule has 100 valence electrons. The molecular weight excluding hydrogens is 250 g/mol. The van der Waals surface area contributed by atoms with E-state index in [0.29, 0.717) is 11.4 Å². The fourth-order valence-corrected chi connectivity index (χ4v) is 2.20. The first-order valence-electron chi connectivity index (χ1n) is 6.54. The fourth-order valence-electron chi connectivity index (χ4n) is 2.20. The minimum atomic E-state index is -0.617. The van der Waals surface area contributed by atoms with E-state index in [9.17, 15) is 5.11 Å². The van der Waals surface area contributed by atoms with Gasteiger partial charge in [-0.2, -0.15) is 0 Å². The van der Waals surface area contributed by atoms with Crippen molar-refractivity contribution in [2.24, 2.45) is 0 Å². The van der Waals surface area contributed by atoms with Gasteiger partial charge in [0.1, 0.15) is 5.75 Å². The maximum Gasteiger partial charge on any atom is 0.225 e. The molecule has 1 N–H and O–H groups in total. The fraction of sp³-hybridized carbons (Fsp3) is 0.118. The number of benzene rings is 2. The number of aliphatic hydroxyl groups excluding tert-OH is 1. The highest BCUT2D eigenvalue weighted by atomic mass is 16.5. The van der Waals surface area contributed by atoms with Crippen LogP contribution in [0.15, 0.2) is 60.8 Å². The summed E-state index contributed by atoms with van der Waals surface area (Å²) in [6.45, 7) is 1.70. The molecular formula is C17H15NO2. The topological polar surface area (TPSA) is 42.4 Å². The van der Waals surface area contributed by atoms with Crippen LogP contribution < -0.4 is 4.74 Å². The summed E-state index contributed by atoms with van der Waals surface area (Å²) in [7, 11) is 0. The van der Waals surface area contributed by atoms with E-state index in [1.54, 1.807) is 19.2 Å². The molecule has 0 fully saturated rings. The van der Waals surface area contributed by atoms with Crippen molar-refractivity contribution < 1.29 is 9.84 Å². The lowest BCUT2D eigenvalue weighted by Gasteiger charge is -2.13. The predicted octanol–water partition coefficient (Wildman–Crippen LogP) is 4.08. The minimum Gasteiger partial charge on any atom is -0.438 e. The van der Waals surface area contributed by atoms with Gasteiger partial charge in [0.25, 0.3) is 0 Å². The molecule has 0 amide bonds. The lowest BCUT2D eigenvalue weighted by molar-refractivity contribution is 0.194. The van der Waals surface area contributed by atoms with E-state index in [4.69, 9.17) is 4.74 Å². The van der Waals surface area contributed by atoms with Gasteiger partial charge >= 0.3 is 0 Å². The summed E-state index contributed by atoms with van der Waals surface area (Å²) in [6, 6.07) is 17.5. The normalized spacial score (nSPS) is 12.3. The molecule has 0 spiro atoms. The van der Waals surface area contributed by atoms with E-state index in [0.717, 1.165) is 16.5 Å². The van der Waals surface area contributed by atoms with Gasteiger partial charge in [-0.3, -0.25) is 0 Å². The second-order valence-corrected chi connectivity index (χ2v) is 4.65. The van der Waals surface area contributed by atoms with Crippen LogP contribution in [0, 0.1) is 0 Å². The highest BCUT2D eigenvalue weighted by Gasteiger charge is 2.11. The van der Waals surface area contributed by atoms with Crippen molar-refractivity contribution in [2.75, 3.05) is 0 Å². The molecule has 3 rings (SSSR count). The first-order valence-corrected chi connectivity index (χ1v) is 6.54. The quantitative estimate of drug-likeness (QED) is 0.775. The van der Waals surface area contributed by atoms with Crippen molar-refractivity contribution in [1.29, 1.82) is 0 Å². The highest BCUT2D eigenvalue weighted by molar-refractivity contribution is 5.88. The summed E-state index contributed by atoms with van der Waals surface area (Å²) in [5.74, 6) is 1.18. The molecule has 0 aliphatic carbocycles. The van der Waals surface area contributed by atoms with Crippen LogP contribution >= 0.6 is 0 Å². The Hall–Kier alpha value is -2.39. The Balaban J connectivity index is 2.06. The summed E-state index contributed by atoms with van der Waals surface area (Å²) in [5, 5.41) is 11.9. The second kappa shape index (κ2) is 5.31. The van der Waals surface area contributed by atoms with Crippen LogP contribution in [0.1, 0.15) is 18.6 Å². The Labute approximate surface area is 117 Å². The molecule has 0 saturated carbocycles. The third kappa shape index (κ3) is 2.36. The van der Waals surface area contributed by atoms with Crippen LogP contribution in [0.3, 0.4) is 0 Å². The number of pyridine rings is 1. The summed E-state index contributed by atoms with van der Waals surface area (Å²) in [5.41, 5.74) is 0.681. The van der Waals surface area contributed by atoms with Gasteiger partial charge in [0.05, 0.1) is 6.10 Å². The largest absolute Gasteiger partial charge is 0.438 e. The lowest BCUT2D eigenvalue weighted by Crippen LogP contribution is -1.98. The summed E-state index contributed by atoms with van der Waals surface area (Å²) in [4.78, 5) is 4.22. The van der Waals surface area contributed by atoms with Crippen LogP contribution in [-0.2, 0) is 0 Å². The number of aliphatic hydroxyl groups is 1. The van der Waals surface area contributed by atoms with Crippen LogP contribution in [0.4, 0.5) is 0 Å². The lowest BCUT2D eigenvalue weighted by atomic mass is 10.1. The van der Waals surface area contributed by atoms with E-state index in [-0.39, 0.29) is 0 Å². The van der Waals surface area contributed by atoms with Crippen LogP contribution in [0.25, 0.3) is 10.8 Å². The van der Waals surface area contributed by atoms with Gasteiger partial charge < -0.3 is 9.84 Å². The number of rotatable bonds is 3. The Bertz CT molecular complexity index is 732. The molecule has 2 aromatic carbocycles. The highest BCUT2D eigenvalue weighted by Crippen LogP contribution is 2.32.